The zero-order chi connectivity index (χ0) is 16.2. The van der Waals surface area contributed by atoms with Gasteiger partial charge in [-0.2, -0.15) is 0 Å². The molecule has 0 radical (unpaired) electrons. The van der Waals surface area contributed by atoms with Crippen molar-refractivity contribution in [2.75, 3.05) is 37.3 Å². The lowest BCUT2D eigenvalue weighted by molar-refractivity contribution is -0.129. The molecule has 7 heteroatoms. The number of rotatable bonds is 6. The maximum absolute atomic E-state index is 13.4. The number of likely N-dealkylation sites (N-methyl/N-ethyl adjacent to an activating group) is 2. The lowest BCUT2D eigenvalue weighted by atomic mass is 10.1. The lowest BCUT2D eigenvalue weighted by Gasteiger charge is -2.25. The van der Waals surface area contributed by atoms with E-state index < -0.39 is 17.5 Å². The Hall–Kier alpha value is -2.31. The van der Waals surface area contributed by atoms with E-state index in [1.165, 1.54) is 11.0 Å². The third-order valence-corrected chi connectivity index (χ3v) is 3.28. The minimum Gasteiger partial charge on any atom is -0.478 e. The van der Waals surface area contributed by atoms with Gasteiger partial charge in [-0.3, -0.25) is 4.79 Å². The number of carbonyl (C=O) groups excluding carboxylic acids is 1. The van der Waals surface area contributed by atoms with Crippen LogP contribution in [0.3, 0.4) is 0 Å². The molecular formula is C14H20FN3O3. The van der Waals surface area contributed by atoms with Crippen molar-refractivity contribution in [3.63, 3.8) is 0 Å². The second-order valence-electron chi connectivity index (χ2n) is 4.58. The van der Waals surface area contributed by atoms with Crippen molar-refractivity contribution in [3.05, 3.63) is 23.5 Å². The van der Waals surface area contributed by atoms with E-state index in [-0.39, 0.29) is 23.7 Å². The quantitative estimate of drug-likeness (QED) is 0.775. The summed E-state index contributed by atoms with van der Waals surface area (Å²) < 4.78 is 13.4. The minimum atomic E-state index is -1.33. The second-order valence-corrected chi connectivity index (χ2v) is 4.58. The molecule has 6 nitrogen and oxygen atoms in total. The molecule has 0 bridgehead atoms. The molecule has 0 aromatic heterocycles. The number of carbonyl (C=O) groups is 2. The summed E-state index contributed by atoms with van der Waals surface area (Å²) in [5, 5.41) is 9.19. The first-order valence-corrected chi connectivity index (χ1v) is 6.63. The summed E-state index contributed by atoms with van der Waals surface area (Å²) in [7, 11) is 1.57. The number of carboxylic acid groups (broad SMARTS) is 1. The van der Waals surface area contributed by atoms with Crippen molar-refractivity contribution in [3.8, 4) is 0 Å². The van der Waals surface area contributed by atoms with Crippen LogP contribution in [0.1, 0.15) is 24.2 Å². The average molecular weight is 297 g/mol. The van der Waals surface area contributed by atoms with Crippen LogP contribution in [-0.4, -0.2) is 48.6 Å². The molecule has 0 unspecified atom stereocenters. The largest absolute Gasteiger partial charge is 0.478 e. The molecule has 0 aliphatic heterocycles. The van der Waals surface area contributed by atoms with E-state index in [2.05, 4.69) is 0 Å². The van der Waals surface area contributed by atoms with Crippen LogP contribution in [0.2, 0.25) is 0 Å². The number of hydrogen-bond donors (Lipinski definition) is 2. The number of anilines is 2. The van der Waals surface area contributed by atoms with E-state index in [0.717, 1.165) is 6.07 Å². The Balaban J connectivity index is 3.08. The molecule has 1 aromatic carbocycles. The third kappa shape index (κ3) is 3.62. The molecule has 0 spiro atoms. The van der Waals surface area contributed by atoms with Crippen LogP contribution < -0.4 is 10.6 Å². The van der Waals surface area contributed by atoms with E-state index in [4.69, 9.17) is 5.73 Å². The van der Waals surface area contributed by atoms with E-state index >= 15 is 0 Å². The highest BCUT2D eigenvalue weighted by Gasteiger charge is 2.22. The predicted octanol–water partition coefficient (Wildman–Crippen LogP) is 1.41. The summed E-state index contributed by atoms with van der Waals surface area (Å²) in [6.45, 7) is 4.86. The van der Waals surface area contributed by atoms with Gasteiger partial charge in [0.1, 0.15) is 11.4 Å². The predicted molar refractivity (Wildman–Crippen MR) is 79.0 cm³/mol. The van der Waals surface area contributed by atoms with Crippen LogP contribution in [0, 0.1) is 5.82 Å². The van der Waals surface area contributed by atoms with Gasteiger partial charge in [0.25, 0.3) is 0 Å². The van der Waals surface area contributed by atoms with Crippen LogP contribution in [0.5, 0.6) is 0 Å². The number of hydrogen-bond acceptors (Lipinski definition) is 4. The summed E-state index contributed by atoms with van der Waals surface area (Å²) in [4.78, 5) is 26.4. The highest BCUT2D eigenvalue weighted by atomic mass is 19.1. The molecule has 1 rings (SSSR count). The van der Waals surface area contributed by atoms with E-state index in [1.807, 2.05) is 13.8 Å². The first kappa shape index (κ1) is 16.7. The molecule has 1 amide bonds. The molecule has 0 aliphatic carbocycles. The summed E-state index contributed by atoms with van der Waals surface area (Å²) in [6, 6.07) is 2.40. The lowest BCUT2D eigenvalue weighted by Crippen LogP contribution is -2.39. The molecule has 21 heavy (non-hydrogen) atoms. The van der Waals surface area contributed by atoms with Gasteiger partial charge >= 0.3 is 5.97 Å². The first-order valence-electron chi connectivity index (χ1n) is 6.63. The van der Waals surface area contributed by atoms with Crippen LogP contribution in [-0.2, 0) is 4.79 Å². The molecule has 0 aliphatic rings. The number of nitrogen functional groups attached to an aromatic ring is 1. The Bertz CT molecular complexity index is 545. The number of nitrogens with zero attached hydrogens (tertiary/aromatic N) is 2. The zero-order valence-corrected chi connectivity index (χ0v) is 12.4. The maximum atomic E-state index is 13.4. The fraction of sp³-hybridized carbons (Fsp3) is 0.429. The Morgan fingerprint density at radius 3 is 2.33 bits per heavy atom. The minimum absolute atomic E-state index is 0.00691. The van der Waals surface area contributed by atoms with Gasteiger partial charge in [-0.25, -0.2) is 9.18 Å². The molecule has 116 valence electrons. The second kappa shape index (κ2) is 6.92. The van der Waals surface area contributed by atoms with Gasteiger partial charge < -0.3 is 20.6 Å². The van der Waals surface area contributed by atoms with E-state index in [1.54, 1.807) is 11.9 Å². The Morgan fingerprint density at radius 1 is 1.29 bits per heavy atom. The van der Waals surface area contributed by atoms with Crippen molar-refractivity contribution in [1.29, 1.82) is 0 Å². The number of carboxylic acids is 1. The fourth-order valence-corrected chi connectivity index (χ4v) is 2.09. The first-order chi connectivity index (χ1) is 9.83. The fourth-order valence-electron chi connectivity index (χ4n) is 2.09. The van der Waals surface area contributed by atoms with Gasteiger partial charge in [0, 0.05) is 20.1 Å². The maximum Gasteiger partial charge on any atom is 0.340 e. The number of halogens is 1. The van der Waals surface area contributed by atoms with Crippen molar-refractivity contribution in [1.82, 2.24) is 4.90 Å². The third-order valence-electron chi connectivity index (χ3n) is 3.28. The standard InChI is InChI=1S/C14H20FN3O3/c1-4-18(5-2)11(19)8-17(3)10-7-6-9(15)13(16)12(10)14(20)21/h6-7H,4-5,8,16H2,1-3H3,(H,20,21). The SMILES string of the molecule is CCN(CC)C(=O)CN(C)c1ccc(F)c(N)c1C(=O)O. The van der Waals surface area contributed by atoms with Gasteiger partial charge in [0.05, 0.1) is 17.9 Å². The van der Waals surface area contributed by atoms with Crippen LogP contribution in [0.4, 0.5) is 15.8 Å². The number of amides is 1. The van der Waals surface area contributed by atoms with Crippen molar-refractivity contribution >= 4 is 23.3 Å². The van der Waals surface area contributed by atoms with Gasteiger partial charge in [0.2, 0.25) is 5.91 Å². The molecule has 0 atom stereocenters. The Morgan fingerprint density at radius 2 is 1.86 bits per heavy atom. The van der Waals surface area contributed by atoms with E-state index in [0.29, 0.717) is 13.1 Å². The van der Waals surface area contributed by atoms with Crippen LogP contribution >= 0.6 is 0 Å². The smallest absolute Gasteiger partial charge is 0.340 e. The number of aromatic carboxylic acids is 1. The molecule has 0 heterocycles. The topological polar surface area (TPSA) is 86.9 Å². The molecule has 0 saturated heterocycles. The molecule has 0 fully saturated rings. The van der Waals surface area contributed by atoms with Crippen LogP contribution in [0.15, 0.2) is 12.1 Å². The van der Waals surface area contributed by atoms with Crippen molar-refractivity contribution in [2.24, 2.45) is 0 Å². The van der Waals surface area contributed by atoms with Gasteiger partial charge in [-0.15, -0.1) is 0 Å². The zero-order valence-electron chi connectivity index (χ0n) is 12.4. The average Bonchev–Trinajstić information content (AvgIpc) is 2.42. The molecular weight excluding hydrogens is 277 g/mol. The Kier molecular flexibility index (Phi) is 5.52. The normalized spacial score (nSPS) is 10.3. The monoisotopic (exact) mass is 297 g/mol. The van der Waals surface area contributed by atoms with Crippen molar-refractivity contribution < 1.29 is 19.1 Å². The summed E-state index contributed by atoms with van der Waals surface area (Å²) in [6.07, 6.45) is 0. The molecule has 1 aromatic rings. The molecule has 3 N–H and O–H groups in total. The van der Waals surface area contributed by atoms with Crippen LogP contribution in [0.25, 0.3) is 0 Å². The Labute approximate surface area is 122 Å². The van der Waals surface area contributed by atoms with Gasteiger partial charge in [-0.1, -0.05) is 0 Å². The van der Waals surface area contributed by atoms with E-state index in [9.17, 15) is 19.1 Å². The number of benzene rings is 1. The highest BCUT2D eigenvalue weighted by molar-refractivity contribution is 6.00. The van der Waals surface area contributed by atoms with Gasteiger partial charge in [0.15, 0.2) is 0 Å². The van der Waals surface area contributed by atoms with Crippen molar-refractivity contribution in [2.45, 2.75) is 13.8 Å². The number of nitrogens with two attached hydrogens (primary N) is 1. The highest BCUT2D eigenvalue weighted by Crippen LogP contribution is 2.27. The summed E-state index contributed by atoms with van der Waals surface area (Å²) >= 11 is 0. The van der Waals surface area contributed by atoms with Gasteiger partial charge in [-0.05, 0) is 26.0 Å². The summed E-state index contributed by atoms with van der Waals surface area (Å²) in [5.41, 5.74) is 4.94. The molecule has 0 saturated carbocycles. The summed E-state index contributed by atoms with van der Waals surface area (Å²) in [5.74, 6) is -2.26.